The Kier molecular flexibility index (Phi) is 17.8. The Hall–Kier alpha value is -16.0. The van der Waals surface area contributed by atoms with E-state index in [-0.39, 0.29) is 0 Å². The first-order valence-corrected chi connectivity index (χ1v) is 41.1. The van der Waals surface area contributed by atoms with E-state index in [0.29, 0.717) is 0 Å². The number of hydrogen-bond donors (Lipinski definition) is 0. The summed E-state index contributed by atoms with van der Waals surface area (Å²) in [5.41, 5.74) is 32.6. The Labute approximate surface area is 696 Å². The highest BCUT2D eigenvalue weighted by atomic mass is 15.1. The van der Waals surface area contributed by atoms with E-state index in [0.717, 1.165) is 62.4 Å². The first kappa shape index (κ1) is 70.6. The molecule has 0 aliphatic heterocycles. The van der Waals surface area contributed by atoms with Crippen molar-refractivity contribution in [3.63, 3.8) is 0 Å². The fourth-order valence-corrected chi connectivity index (χ4v) is 18.4. The SMILES string of the molecule is c1ccc(-c2ccc(N(c3ccc(-c4ccccc4)cc3)c3ccc(-c4cc5c6ccccc6n(-c6ccccc6)c5c5c4c4ccccc4n5-c4ccccc4)cc3)cc2)cc1.c1ccc(-c2ccc(N(c3ccccc3)c3ccc(-c4cc5c6ccccc6n(-c6ccccc6)c5c5c4c4ccccc4n5-c4ccccc4)cc3)cc2)cc1. The molecular weight excluding hydrogens is 1450 g/mol. The molecule has 0 unspecified atom stereocenters. The molecule has 23 rings (SSSR count). The summed E-state index contributed by atoms with van der Waals surface area (Å²) in [5, 5.41) is 9.84. The van der Waals surface area contributed by atoms with E-state index in [1.807, 2.05) is 0 Å². The molecule has 564 valence electrons. The van der Waals surface area contributed by atoms with Gasteiger partial charge in [-0.1, -0.05) is 315 Å². The molecule has 0 aliphatic carbocycles. The van der Waals surface area contributed by atoms with E-state index in [9.17, 15) is 0 Å². The molecule has 0 saturated carbocycles. The van der Waals surface area contributed by atoms with Gasteiger partial charge in [0.15, 0.2) is 0 Å². The molecule has 0 radical (unpaired) electrons. The molecule has 0 N–H and O–H groups in total. The maximum atomic E-state index is 2.48. The van der Waals surface area contributed by atoms with E-state index < -0.39 is 0 Å². The highest BCUT2D eigenvalue weighted by Crippen LogP contribution is 2.51. The molecule has 0 aliphatic rings. The van der Waals surface area contributed by atoms with Crippen molar-refractivity contribution < 1.29 is 0 Å². The summed E-state index contributed by atoms with van der Waals surface area (Å²) < 4.78 is 9.86. The Morgan fingerprint density at radius 3 is 0.625 bits per heavy atom. The van der Waals surface area contributed by atoms with Crippen molar-refractivity contribution >= 4 is 121 Å². The van der Waals surface area contributed by atoms with E-state index in [1.165, 1.54) is 137 Å². The van der Waals surface area contributed by atoms with E-state index in [2.05, 4.69) is 501 Å². The van der Waals surface area contributed by atoms with Crippen molar-refractivity contribution in [3.8, 4) is 78.4 Å². The van der Waals surface area contributed by atoms with Crippen molar-refractivity contribution in [2.75, 3.05) is 9.80 Å². The molecule has 6 heteroatoms. The highest BCUT2D eigenvalue weighted by Gasteiger charge is 2.28. The molecule has 19 aromatic carbocycles. The van der Waals surface area contributed by atoms with Gasteiger partial charge in [0.1, 0.15) is 0 Å². The van der Waals surface area contributed by atoms with Gasteiger partial charge in [-0.3, -0.25) is 0 Å². The lowest BCUT2D eigenvalue weighted by Gasteiger charge is -2.26. The van der Waals surface area contributed by atoms with Gasteiger partial charge in [-0.2, -0.15) is 0 Å². The minimum Gasteiger partial charge on any atom is -0.311 e. The largest absolute Gasteiger partial charge is 0.311 e. The van der Waals surface area contributed by atoms with Crippen LogP contribution in [0.25, 0.3) is 166 Å². The number of hydrogen-bond acceptors (Lipinski definition) is 2. The van der Waals surface area contributed by atoms with Crippen molar-refractivity contribution in [1.29, 1.82) is 0 Å². The first-order chi connectivity index (χ1) is 59.6. The Bertz CT molecular complexity index is 7580. The molecule has 0 bridgehead atoms. The van der Waals surface area contributed by atoms with Crippen LogP contribution in [0.2, 0.25) is 0 Å². The summed E-state index contributed by atoms with van der Waals surface area (Å²) in [6.45, 7) is 0. The fourth-order valence-electron chi connectivity index (χ4n) is 18.4. The van der Waals surface area contributed by atoms with Gasteiger partial charge in [0.25, 0.3) is 0 Å². The summed E-state index contributed by atoms with van der Waals surface area (Å²) in [6, 6.07) is 171. The topological polar surface area (TPSA) is 26.2 Å². The lowest BCUT2D eigenvalue weighted by atomic mass is 9.96. The monoisotopic (exact) mass is 1530 g/mol. The van der Waals surface area contributed by atoms with Gasteiger partial charge in [-0.15, -0.1) is 0 Å². The molecule has 6 nitrogen and oxygen atoms in total. The summed E-state index contributed by atoms with van der Waals surface area (Å²) >= 11 is 0. The number of anilines is 6. The van der Waals surface area contributed by atoms with Crippen LogP contribution in [-0.2, 0) is 0 Å². The smallest absolute Gasteiger partial charge is 0.0795 e. The summed E-state index contributed by atoms with van der Waals surface area (Å²) in [4.78, 5) is 4.70. The summed E-state index contributed by atoms with van der Waals surface area (Å²) in [5.74, 6) is 0. The van der Waals surface area contributed by atoms with Crippen LogP contribution < -0.4 is 9.80 Å². The van der Waals surface area contributed by atoms with Gasteiger partial charge >= 0.3 is 0 Å². The zero-order valence-electron chi connectivity index (χ0n) is 65.7. The van der Waals surface area contributed by atoms with E-state index in [1.54, 1.807) is 0 Å². The van der Waals surface area contributed by atoms with Crippen LogP contribution in [0.1, 0.15) is 0 Å². The maximum Gasteiger partial charge on any atom is 0.0795 e. The second-order valence-electron chi connectivity index (χ2n) is 30.7. The molecule has 23 aromatic rings. The lowest BCUT2D eigenvalue weighted by Crippen LogP contribution is -2.09. The molecule has 0 spiro atoms. The van der Waals surface area contributed by atoms with Gasteiger partial charge in [0, 0.05) is 100.0 Å². The second kappa shape index (κ2) is 30.3. The zero-order valence-corrected chi connectivity index (χ0v) is 65.7. The predicted octanol–water partition coefficient (Wildman–Crippen LogP) is 31.0. The van der Waals surface area contributed by atoms with Crippen LogP contribution >= 0.6 is 0 Å². The maximum absolute atomic E-state index is 2.48. The molecule has 0 fully saturated rings. The number of rotatable bonds is 15. The number of fused-ring (bicyclic) bond motifs is 14. The van der Waals surface area contributed by atoms with Crippen molar-refractivity contribution in [2.24, 2.45) is 0 Å². The van der Waals surface area contributed by atoms with Crippen LogP contribution in [0.3, 0.4) is 0 Å². The van der Waals surface area contributed by atoms with Crippen LogP contribution in [0, 0.1) is 0 Å². The quantitative estimate of drug-likeness (QED) is 0.102. The molecule has 0 amide bonds. The molecule has 4 heterocycles. The number of benzene rings is 19. The number of para-hydroxylation sites is 9. The molecule has 4 aromatic heterocycles. The number of nitrogens with zero attached hydrogens (tertiary/aromatic N) is 6. The number of aromatic nitrogens is 4. The van der Waals surface area contributed by atoms with Crippen LogP contribution in [-0.4, -0.2) is 18.3 Å². The van der Waals surface area contributed by atoms with Crippen LogP contribution in [0.4, 0.5) is 34.1 Å². The zero-order chi connectivity index (χ0) is 79.4. The average Bonchev–Trinajstić information content (AvgIpc) is 1.54. The molecular formula is C114H78N6. The minimum atomic E-state index is 1.09. The standard InChI is InChI=1S/C60H41N3.C54H37N3/c1-5-17-42(18-6-1)44-29-35-49(36-30-44)61(50-37-31-45(32-38-50)43-19-7-2-8-20-43)51-39-33-46(34-40-51)54-41-55-52-25-13-15-27-56(52)62(47-21-9-3-10-22-47)59(55)60-58(54)53-26-14-16-28-57(53)63(60)48-23-11-4-12-24-48;1-5-17-38(18-6-1)39-29-33-44(34-30-39)55(41-19-7-2-8-20-41)45-35-31-40(32-36-45)48-37-49-46-25-13-15-27-50(46)56(42-21-9-3-10-22-42)53(49)54-52(48)47-26-14-16-28-51(47)57(54)43-23-11-4-12-24-43/h1-41H;1-37H. The van der Waals surface area contributed by atoms with Crippen molar-refractivity contribution in [1.82, 2.24) is 18.3 Å². The van der Waals surface area contributed by atoms with Gasteiger partial charge in [0.05, 0.1) is 44.1 Å². The Balaban J connectivity index is 0.000000145. The van der Waals surface area contributed by atoms with Crippen molar-refractivity contribution in [2.45, 2.75) is 0 Å². The molecule has 120 heavy (non-hydrogen) atoms. The Morgan fingerprint density at radius 1 is 0.142 bits per heavy atom. The van der Waals surface area contributed by atoms with Crippen molar-refractivity contribution in [3.05, 3.63) is 473 Å². The van der Waals surface area contributed by atoms with E-state index >= 15 is 0 Å². The van der Waals surface area contributed by atoms with Gasteiger partial charge in [0.2, 0.25) is 0 Å². The molecule has 0 atom stereocenters. The first-order valence-electron chi connectivity index (χ1n) is 41.1. The predicted molar refractivity (Wildman–Crippen MR) is 507 cm³/mol. The van der Waals surface area contributed by atoms with Crippen LogP contribution in [0.15, 0.2) is 473 Å². The van der Waals surface area contributed by atoms with Gasteiger partial charge < -0.3 is 28.1 Å². The summed E-state index contributed by atoms with van der Waals surface area (Å²) in [7, 11) is 0. The minimum absolute atomic E-state index is 1.09. The highest BCUT2D eigenvalue weighted by molar-refractivity contribution is 6.30. The third kappa shape index (κ3) is 12.4. The third-order valence-electron chi connectivity index (χ3n) is 23.8. The van der Waals surface area contributed by atoms with Gasteiger partial charge in [-0.05, 0) is 213 Å². The van der Waals surface area contributed by atoms with E-state index in [4.69, 9.17) is 0 Å². The summed E-state index contributed by atoms with van der Waals surface area (Å²) in [6.07, 6.45) is 0. The lowest BCUT2D eigenvalue weighted by molar-refractivity contribution is 1.15. The fraction of sp³-hybridized carbons (Fsp3) is 0. The normalized spacial score (nSPS) is 11.5. The van der Waals surface area contributed by atoms with Gasteiger partial charge in [-0.25, -0.2) is 0 Å². The third-order valence-corrected chi connectivity index (χ3v) is 23.8. The molecule has 0 saturated heterocycles. The van der Waals surface area contributed by atoms with Crippen LogP contribution in [0.5, 0.6) is 0 Å². The second-order valence-corrected chi connectivity index (χ2v) is 30.7. The Morgan fingerprint density at radius 2 is 0.342 bits per heavy atom. The average molecular weight is 1530 g/mol.